The van der Waals surface area contributed by atoms with E-state index in [-0.39, 0.29) is 31.3 Å². The fourth-order valence-electron chi connectivity index (χ4n) is 4.41. The number of rotatable bonds is 10. The average molecular weight is 562 g/mol. The summed E-state index contributed by atoms with van der Waals surface area (Å²) < 4.78 is 28.4. The smallest absolute Gasteiger partial charge is 0.412 e. The second-order valence-corrected chi connectivity index (χ2v) is 9.19. The maximum atomic E-state index is 13.3. The maximum Gasteiger partial charge on any atom is 0.412 e. The van der Waals surface area contributed by atoms with Gasteiger partial charge < -0.3 is 28.8 Å². The Kier molecular flexibility index (Phi) is 8.46. The van der Waals surface area contributed by atoms with Crippen molar-refractivity contribution in [2.45, 2.75) is 18.6 Å². The third-order valence-electron chi connectivity index (χ3n) is 6.26. The van der Waals surface area contributed by atoms with Gasteiger partial charge in [0.25, 0.3) is 0 Å². The number of phenols is 1. The predicted molar refractivity (Wildman–Crippen MR) is 151 cm³/mol. The van der Waals surface area contributed by atoms with Crippen molar-refractivity contribution in [3.05, 3.63) is 90.5 Å². The first kappa shape index (κ1) is 27.0. The molecular weight excluding hydrogens is 534 g/mol. The van der Waals surface area contributed by atoms with Crippen LogP contribution in [0.5, 0.6) is 23.0 Å². The molecule has 4 aromatic carbocycles. The first-order chi connectivity index (χ1) is 19.5. The van der Waals surface area contributed by atoms with Gasteiger partial charge in [-0.15, -0.1) is 0 Å². The van der Waals surface area contributed by atoms with E-state index in [2.05, 4.69) is 17.9 Å². The quantitative estimate of drug-likeness (QED) is 0.163. The van der Waals surface area contributed by atoms with Crippen LogP contribution in [-0.4, -0.2) is 42.4 Å². The van der Waals surface area contributed by atoms with Crippen LogP contribution in [0.1, 0.15) is 18.1 Å². The van der Waals surface area contributed by atoms with E-state index >= 15 is 0 Å². The predicted octanol–water partition coefficient (Wildman–Crippen LogP) is 5.87. The fourth-order valence-corrected chi connectivity index (χ4v) is 4.50. The zero-order valence-corrected chi connectivity index (χ0v) is 22.2. The van der Waals surface area contributed by atoms with Gasteiger partial charge in [-0.1, -0.05) is 48.5 Å². The topological polar surface area (TPSA) is 113 Å². The number of hydrogen-bond donors (Lipinski definition) is 3. The Labute approximate surface area is 236 Å². The van der Waals surface area contributed by atoms with Gasteiger partial charge in [0, 0.05) is 29.1 Å². The molecule has 0 aliphatic carbocycles. The van der Waals surface area contributed by atoms with E-state index in [0.717, 1.165) is 0 Å². The number of nitrogens with one attached hydrogen (secondary N) is 1. The van der Waals surface area contributed by atoms with Gasteiger partial charge in [0.05, 0.1) is 12.4 Å². The number of phenolic OH excluding ortho intramolecular Hbond substituents is 1. The van der Waals surface area contributed by atoms with E-state index in [1.54, 1.807) is 48.5 Å². The zero-order valence-electron chi connectivity index (χ0n) is 21.3. The molecule has 1 aliphatic heterocycles. The molecular formula is C30H27NO8S. The summed E-state index contributed by atoms with van der Waals surface area (Å²) in [6, 6.07) is 24.6. The number of amides is 1. The Morgan fingerprint density at radius 1 is 0.925 bits per heavy atom. The highest BCUT2D eigenvalue weighted by Crippen LogP contribution is 2.37. The molecule has 0 aromatic heterocycles. The van der Waals surface area contributed by atoms with E-state index in [1.807, 2.05) is 36.4 Å². The van der Waals surface area contributed by atoms with E-state index < -0.39 is 24.3 Å². The number of carbonyl (C=O) groups is 2. The van der Waals surface area contributed by atoms with Gasteiger partial charge in [0.2, 0.25) is 6.79 Å². The molecule has 9 nitrogen and oxygen atoms in total. The minimum Gasteiger partial charge on any atom is -0.507 e. The molecule has 0 saturated heterocycles. The maximum absolute atomic E-state index is 13.3. The van der Waals surface area contributed by atoms with Gasteiger partial charge >= 0.3 is 12.1 Å². The molecule has 0 fully saturated rings. The molecule has 4 aromatic rings. The third-order valence-corrected chi connectivity index (χ3v) is 6.52. The molecule has 0 spiro atoms. The summed E-state index contributed by atoms with van der Waals surface area (Å²) in [5.74, 6) is 1.18. The molecule has 2 atom stereocenters. The van der Waals surface area contributed by atoms with Crippen LogP contribution in [0.2, 0.25) is 0 Å². The van der Waals surface area contributed by atoms with Gasteiger partial charge in [0.15, 0.2) is 17.6 Å². The van der Waals surface area contributed by atoms with Gasteiger partial charge in [-0.05, 0) is 35.7 Å². The van der Waals surface area contributed by atoms with Crippen molar-refractivity contribution >= 4 is 41.2 Å². The zero-order chi connectivity index (χ0) is 27.9. The van der Waals surface area contributed by atoms with Gasteiger partial charge in [-0.3, -0.25) is 10.1 Å². The molecule has 0 radical (unpaired) electrons. The molecule has 40 heavy (non-hydrogen) atoms. The summed E-state index contributed by atoms with van der Waals surface area (Å²) in [5.41, 5.74) is 1.06. The number of para-hydroxylation sites is 1. The van der Waals surface area contributed by atoms with Crippen molar-refractivity contribution in [2.24, 2.45) is 0 Å². The number of esters is 1. The lowest BCUT2D eigenvalue weighted by atomic mass is 9.95. The summed E-state index contributed by atoms with van der Waals surface area (Å²) in [4.78, 5) is 25.1. The lowest BCUT2D eigenvalue weighted by Gasteiger charge is -2.29. The van der Waals surface area contributed by atoms with E-state index in [4.69, 9.17) is 23.7 Å². The molecule has 0 unspecified atom stereocenters. The Morgan fingerprint density at radius 3 is 2.48 bits per heavy atom. The van der Waals surface area contributed by atoms with Gasteiger partial charge in [-0.25, -0.2) is 4.79 Å². The Morgan fingerprint density at radius 2 is 1.68 bits per heavy atom. The van der Waals surface area contributed by atoms with Crippen LogP contribution in [0.15, 0.2) is 84.9 Å². The van der Waals surface area contributed by atoms with E-state index in [1.165, 1.54) is 0 Å². The van der Waals surface area contributed by atoms with Crippen LogP contribution < -0.4 is 19.5 Å². The fraction of sp³-hybridized carbons (Fsp3) is 0.200. The molecule has 10 heteroatoms. The SMILES string of the molecule is O=C(CS)OCC[C@@H](Oc1ccccc1)[C@H](OC(=O)Nc1ccc2c(c1)OCO2)c1ccc(O)c2ccccc12. The molecule has 0 saturated carbocycles. The number of carbonyl (C=O) groups excluding carboxylic acids is 2. The molecule has 206 valence electrons. The van der Waals surface area contributed by atoms with Crippen LogP contribution in [0.25, 0.3) is 10.8 Å². The Balaban J connectivity index is 1.49. The second kappa shape index (κ2) is 12.5. The molecule has 0 bridgehead atoms. The van der Waals surface area contributed by atoms with Crippen LogP contribution >= 0.6 is 12.6 Å². The first-order valence-electron chi connectivity index (χ1n) is 12.6. The third kappa shape index (κ3) is 6.35. The lowest BCUT2D eigenvalue weighted by molar-refractivity contribution is -0.141. The lowest BCUT2D eigenvalue weighted by Crippen LogP contribution is -2.32. The summed E-state index contributed by atoms with van der Waals surface area (Å²) in [6.07, 6.45) is -2.28. The summed E-state index contributed by atoms with van der Waals surface area (Å²) >= 11 is 3.96. The van der Waals surface area contributed by atoms with Crippen molar-refractivity contribution in [1.29, 1.82) is 0 Å². The van der Waals surface area contributed by atoms with Crippen molar-refractivity contribution in [1.82, 2.24) is 0 Å². The summed E-state index contributed by atoms with van der Waals surface area (Å²) in [7, 11) is 0. The largest absolute Gasteiger partial charge is 0.507 e. The molecule has 1 amide bonds. The van der Waals surface area contributed by atoms with Crippen LogP contribution in [-0.2, 0) is 14.3 Å². The van der Waals surface area contributed by atoms with Crippen molar-refractivity contribution in [2.75, 3.05) is 24.5 Å². The highest BCUT2D eigenvalue weighted by Gasteiger charge is 2.31. The highest BCUT2D eigenvalue weighted by atomic mass is 32.1. The number of aromatic hydroxyl groups is 1. The minimum absolute atomic E-state index is 0.0105. The summed E-state index contributed by atoms with van der Waals surface area (Å²) in [5, 5.41) is 14.5. The molecule has 1 aliphatic rings. The van der Waals surface area contributed by atoms with Crippen molar-refractivity contribution in [3.63, 3.8) is 0 Å². The molecule has 2 N–H and O–H groups in total. The summed E-state index contributed by atoms with van der Waals surface area (Å²) in [6.45, 7) is 0.117. The van der Waals surface area contributed by atoms with E-state index in [0.29, 0.717) is 39.3 Å². The number of benzene rings is 4. The minimum atomic E-state index is -0.963. The van der Waals surface area contributed by atoms with Crippen LogP contribution in [0.3, 0.4) is 0 Å². The number of anilines is 1. The average Bonchev–Trinajstić information content (AvgIpc) is 3.44. The second-order valence-electron chi connectivity index (χ2n) is 8.88. The first-order valence-corrected chi connectivity index (χ1v) is 13.2. The normalized spacial score (nSPS) is 13.3. The Hall–Kier alpha value is -4.57. The van der Waals surface area contributed by atoms with Crippen LogP contribution in [0, 0.1) is 0 Å². The van der Waals surface area contributed by atoms with Crippen molar-refractivity contribution in [3.8, 4) is 23.0 Å². The highest BCUT2D eigenvalue weighted by molar-refractivity contribution is 7.81. The molecule has 5 rings (SSSR count). The number of hydrogen-bond acceptors (Lipinski definition) is 9. The standard InChI is InChI=1S/C30H27NO8S/c32-24-12-11-23(21-8-4-5-9-22(21)24)29(39-30(34)31-19-10-13-25-27(16-19)37-18-36-25)26(14-15-35-28(33)17-40)38-20-6-2-1-3-7-20/h1-13,16,26,29,32,40H,14-15,17-18H2,(H,31,34)/t26-,29-/m1/s1. The van der Waals surface area contributed by atoms with Gasteiger partial charge in [0.1, 0.15) is 17.6 Å². The van der Waals surface area contributed by atoms with Crippen molar-refractivity contribution < 1.29 is 38.4 Å². The number of thiol groups is 1. The van der Waals surface area contributed by atoms with Crippen LogP contribution in [0.4, 0.5) is 10.5 Å². The number of fused-ring (bicyclic) bond motifs is 2. The van der Waals surface area contributed by atoms with E-state index in [9.17, 15) is 14.7 Å². The Bertz CT molecular complexity index is 1500. The number of ether oxygens (including phenoxy) is 5. The van der Waals surface area contributed by atoms with Gasteiger partial charge in [-0.2, -0.15) is 12.6 Å². The monoisotopic (exact) mass is 561 g/mol. The molecule has 1 heterocycles.